The summed E-state index contributed by atoms with van der Waals surface area (Å²) in [7, 11) is 0. The van der Waals surface area contributed by atoms with Crippen LogP contribution in [-0.4, -0.2) is 25.2 Å². The number of nitrogens with two attached hydrogens (primary N) is 2. The fourth-order valence-corrected chi connectivity index (χ4v) is 5.50. The van der Waals surface area contributed by atoms with Gasteiger partial charge in [0.25, 0.3) is 0 Å². The molecule has 0 aromatic heterocycles. The lowest BCUT2D eigenvalue weighted by Crippen LogP contribution is -2.21. The zero-order valence-electron chi connectivity index (χ0n) is 24.1. The minimum atomic E-state index is -0.532. The van der Waals surface area contributed by atoms with Crippen molar-refractivity contribution in [1.82, 2.24) is 0 Å². The SMILES string of the molecule is N[C@H](COC(=O)c1ccc2ccccc2c1-c1c(C(=O)OC[C@@H](N)c2ccccc2)ccc2ccccc12)c1ccccc1. The van der Waals surface area contributed by atoms with Gasteiger partial charge in [0.2, 0.25) is 0 Å². The highest BCUT2D eigenvalue weighted by atomic mass is 16.5. The van der Waals surface area contributed by atoms with Crippen molar-refractivity contribution in [3.63, 3.8) is 0 Å². The van der Waals surface area contributed by atoms with Gasteiger partial charge in [-0.1, -0.05) is 121 Å². The Morgan fingerprint density at radius 1 is 0.477 bits per heavy atom. The lowest BCUT2D eigenvalue weighted by molar-refractivity contribution is 0.0470. The van der Waals surface area contributed by atoms with E-state index < -0.39 is 24.0 Å². The second-order valence-electron chi connectivity index (χ2n) is 10.6. The standard InChI is InChI=1S/C38H32N2O4/c39-33(27-13-3-1-4-14-27)23-43-37(41)31-21-19-25-11-7-9-17-29(25)35(31)36-30-18-10-8-12-26(30)20-22-32(36)38(42)44-24-34(40)28-15-5-2-6-16-28/h1-22,33-34H,23-24,39-40H2/t33-,34-/m1/s1. The largest absolute Gasteiger partial charge is 0.460 e. The molecule has 6 rings (SSSR count). The van der Waals surface area contributed by atoms with Crippen LogP contribution in [0.25, 0.3) is 32.7 Å². The monoisotopic (exact) mass is 580 g/mol. The third kappa shape index (κ3) is 5.95. The smallest absolute Gasteiger partial charge is 0.338 e. The van der Waals surface area contributed by atoms with Gasteiger partial charge in [0.1, 0.15) is 13.2 Å². The Bertz CT molecular complexity index is 1800. The van der Waals surface area contributed by atoms with Gasteiger partial charge >= 0.3 is 11.9 Å². The predicted molar refractivity (Wildman–Crippen MR) is 174 cm³/mol. The van der Waals surface area contributed by atoms with Crippen LogP contribution in [0.3, 0.4) is 0 Å². The summed E-state index contributed by atoms with van der Waals surface area (Å²) in [5.74, 6) is -1.06. The van der Waals surface area contributed by atoms with E-state index in [9.17, 15) is 9.59 Å². The van der Waals surface area contributed by atoms with E-state index >= 15 is 0 Å². The van der Waals surface area contributed by atoms with Gasteiger partial charge in [-0.15, -0.1) is 0 Å². The van der Waals surface area contributed by atoms with Crippen LogP contribution in [0, 0.1) is 0 Å². The minimum Gasteiger partial charge on any atom is -0.460 e. The number of rotatable bonds is 9. The van der Waals surface area contributed by atoms with Crippen LogP contribution < -0.4 is 11.5 Å². The van der Waals surface area contributed by atoms with Crippen LogP contribution >= 0.6 is 0 Å². The van der Waals surface area contributed by atoms with E-state index in [-0.39, 0.29) is 13.2 Å². The van der Waals surface area contributed by atoms with E-state index in [1.165, 1.54) is 0 Å². The predicted octanol–water partition coefficient (Wildman–Crippen LogP) is 7.37. The molecule has 0 spiro atoms. The van der Waals surface area contributed by atoms with Gasteiger partial charge in [-0.2, -0.15) is 0 Å². The van der Waals surface area contributed by atoms with Gasteiger partial charge in [-0.25, -0.2) is 9.59 Å². The van der Waals surface area contributed by atoms with Crippen molar-refractivity contribution in [2.24, 2.45) is 11.5 Å². The second kappa shape index (κ2) is 12.9. The first-order valence-electron chi connectivity index (χ1n) is 14.5. The Labute approximate surface area is 255 Å². The summed E-state index contributed by atoms with van der Waals surface area (Å²) < 4.78 is 11.6. The molecule has 0 unspecified atom stereocenters. The zero-order valence-corrected chi connectivity index (χ0v) is 24.1. The number of carbonyl (C=O) groups excluding carboxylic acids is 2. The summed E-state index contributed by atoms with van der Waals surface area (Å²) in [5.41, 5.74) is 16.3. The number of fused-ring (bicyclic) bond motifs is 2. The molecule has 0 amide bonds. The number of hydrogen-bond acceptors (Lipinski definition) is 6. The molecule has 0 bridgehead atoms. The van der Waals surface area contributed by atoms with Crippen molar-refractivity contribution in [1.29, 1.82) is 0 Å². The molecule has 0 fully saturated rings. The minimum absolute atomic E-state index is 0.00305. The fraction of sp³-hybridized carbons (Fsp3) is 0.105. The summed E-state index contributed by atoms with van der Waals surface area (Å²) >= 11 is 0. The normalized spacial score (nSPS) is 12.5. The Morgan fingerprint density at radius 2 is 0.841 bits per heavy atom. The zero-order chi connectivity index (χ0) is 30.5. The highest BCUT2D eigenvalue weighted by Crippen LogP contribution is 2.40. The molecule has 6 aromatic rings. The third-order valence-corrected chi connectivity index (χ3v) is 7.79. The molecule has 6 aromatic carbocycles. The van der Waals surface area contributed by atoms with E-state index in [0.717, 1.165) is 32.7 Å². The van der Waals surface area contributed by atoms with E-state index in [4.69, 9.17) is 20.9 Å². The quantitative estimate of drug-likeness (QED) is 0.173. The average molecular weight is 581 g/mol. The molecule has 6 heteroatoms. The Kier molecular flexibility index (Phi) is 8.46. The number of ether oxygens (including phenoxy) is 2. The molecule has 0 saturated heterocycles. The van der Waals surface area contributed by atoms with E-state index in [2.05, 4.69) is 0 Å². The third-order valence-electron chi connectivity index (χ3n) is 7.79. The molecular weight excluding hydrogens is 548 g/mol. The first-order chi connectivity index (χ1) is 21.5. The summed E-state index contributed by atoms with van der Waals surface area (Å²) in [6.45, 7) is -0.00610. The summed E-state index contributed by atoms with van der Waals surface area (Å²) in [6, 6.07) is 40.8. The molecule has 0 radical (unpaired) electrons. The maximum atomic E-state index is 13.8. The first kappa shape index (κ1) is 28.8. The van der Waals surface area contributed by atoms with Gasteiger partial charge in [-0.3, -0.25) is 0 Å². The van der Waals surface area contributed by atoms with Crippen molar-refractivity contribution in [2.75, 3.05) is 13.2 Å². The molecule has 4 N–H and O–H groups in total. The molecule has 44 heavy (non-hydrogen) atoms. The van der Waals surface area contributed by atoms with Crippen molar-refractivity contribution in [3.8, 4) is 11.1 Å². The van der Waals surface area contributed by atoms with E-state index in [1.807, 2.05) is 121 Å². The second-order valence-corrected chi connectivity index (χ2v) is 10.6. The first-order valence-corrected chi connectivity index (χ1v) is 14.5. The number of carbonyl (C=O) groups is 2. The molecule has 0 heterocycles. The van der Waals surface area contributed by atoms with Crippen LogP contribution in [0.1, 0.15) is 43.9 Å². The summed E-state index contributed by atoms with van der Waals surface area (Å²) in [5, 5.41) is 3.44. The van der Waals surface area contributed by atoms with Gasteiger partial charge in [-0.05, 0) is 44.8 Å². The lowest BCUT2D eigenvalue weighted by Gasteiger charge is -2.19. The topological polar surface area (TPSA) is 105 Å². The van der Waals surface area contributed by atoms with E-state index in [0.29, 0.717) is 22.3 Å². The van der Waals surface area contributed by atoms with Gasteiger partial charge in [0, 0.05) is 11.1 Å². The van der Waals surface area contributed by atoms with Gasteiger partial charge in [0.15, 0.2) is 0 Å². The highest BCUT2D eigenvalue weighted by Gasteiger charge is 2.25. The van der Waals surface area contributed by atoms with Crippen molar-refractivity contribution < 1.29 is 19.1 Å². The molecule has 0 aliphatic heterocycles. The van der Waals surface area contributed by atoms with Crippen LogP contribution in [0.2, 0.25) is 0 Å². The maximum absolute atomic E-state index is 13.8. The molecule has 6 nitrogen and oxygen atoms in total. The Hall–Kier alpha value is -5.30. The van der Waals surface area contributed by atoms with Crippen LogP contribution in [0.4, 0.5) is 0 Å². The number of hydrogen-bond donors (Lipinski definition) is 2. The van der Waals surface area contributed by atoms with Gasteiger partial charge < -0.3 is 20.9 Å². The Morgan fingerprint density at radius 3 is 1.25 bits per heavy atom. The fourth-order valence-electron chi connectivity index (χ4n) is 5.50. The molecule has 218 valence electrons. The van der Waals surface area contributed by atoms with Crippen molar-refractivity contribution in [2.45, 2.75) is 12.1 Å². The summed E-state index contributed by atoms with van der Waals surface area (Å²) in [4.78, 5) is 27.6. The molecule has 0 aliphatic rings. The van der Waals surface area contributed by atoms with Crippen molar-refractivity contribution >= 4 is 33.5 Å². The van der Waals surface area contributed by atoms with Gasteiger partial charge in [0.05, 0.1) is 23.2 Å². The number of benzene rings is 6. The molecule has 2 atom stereocenters. The Balaban J connectivity index is 1.43. The molecule has 0 aliphatic carbocycles. The number of esters is 2. The summed E-state index contributed by atoms with van der Waals surface area (Å²) in [6.07, 6.45) is 0. The average Bonchev–Trinajstić information content (AvgIpc) is 3.09. The maximum Gasteiger partial charge on any atom is 0.338 e. The van der Waals surface area contributed by atoms with E-state index in [1.54, 1.807) is 12.1 Å². The van der Waals surface area contributed by atoms with Crippen LogP contribution in [-0.2, 0) is 9.47 Å². The molecule has 0 saturated carbocycles. The highest BCUT2D eigenvalue weighted by molar-refractivity contribution is 6.17. The lowest BCUT2D eigenvalue weighted by atomic mass is 9.87. The van der Waals surface area contributed by atoms with Crippen LogP contribution in [0.5, 0.6) is 0 Å². The van der Waals surface area contributed by atoms with Crippen molar-refractivity contribution in [3.05, 3.63) is 156 Å². The van der Waals surface area contributed by atoms with Crippen LogP contribution in [0.15, 0.2) is 133 Å². The molecular formula is C38H32N2O4.